The van der Waals surface area contributed by atoms with Gasteiger partial charge in [-0.2, -0.15) is 0 Å². The number of carbonyl (C=O) groups excluding carboxylic acids is 1. The van der Waals surface area contributed by atoms with Gasteiger partial charge in [0.2, 0.25) is 0 Å². The van der Waals surface area contributed by atoms with Crippen LogP contribution in [0.15, 0.2) is 12.2 Å². The van der Waals surface area contributed by atoms with E-state index < -0.39 is 9.76 Å². The molecule has 0 unspecified atom stereocenters. The van der Waals surface area contributed by atoms with E-state index in [1.165, 1.54) is 6.08 Å². The summed E-state index contributed by atoms with van der Waals surface area (Å²) >= 11 is 0. The number of ether oxygens (including phenoxy) is 1. The molecule has 0 aliphatic rings. The molecule has 0 spiro atoms. The number of allylic oxidation sites excluding steroid dienone is 1. The zero-order valence-electron chi connectivity index (χ0n) is 10.7. The first kappa shape index (κ1) is 15.4. The zero-order chi connectivity index (χ0) is 12.2. The molecule has 0 aromatic carbocycles. The number of carbonyl (C=O) groups is 1. The largest absolute Gasteiger partial charge is 0.463 e. The fraction of sp³-hybridized carbons (Fsp3) is 0.750. The van der Waals surface area contributed by atoms with Crippen molar-refractivity contribution >= 4 is 15.7 Å². The minimum atomic E-state index is -0.424. The van der Waals surface area contributed by atoms with E-state index in [1.54, 1.807) is 13.0 Å². The SMILES string of the molecule is CC=CC(=O)OCCC[SiH2]OC(CC)CC. The van der Waals surface area contributed by atoms with E-state index in [2.05, 4.69) is 13.8 Å². The van der Waals surface area contributed by atoms with Gasteiger partial charge >= 0.3 is 5.97 Å². The molecule has 0 N–H and O–H groups in total. The molecular weight excluding hydrogens is 220 g/mol. The Kier molecular flexibility index (Phi) is 10.5. The monoisotopic (exact) mass is 244 g/mol. The summed E-state index contributed by atoms with van der Waals surface area (Å²) in [5, 5.41) is 0. The highest BCUT2D eigenvalue weighted by atomic mass is 28.2. The van der Waals surface area contributed by atoms with Gasteiger partial charge in [0.15, 0.2) is 9.76 Å². The van der Waals surface area contributed by atoms with E-state index in [9.17, 15) is 4.79 Å². The maximum Gasteiger partial charge on any atom is 0.330 e. The van der Waals surface area contributed by atoms with E-state index in [0.29, 0.717) is 12.7 Å². The molecule has 0 aromatic heterocycles. The summed E-state index contributed by atoms with van der Waals surface area (Å²) < 4.78 is 10.8. The normalized spacial score (nSPS) is 12.0. The second-order valence-corrected chi connectivity index (χ2v) is 5.13. The van der Waals surface area contributed by atoms with Crippen molar-refractivity contribution in [2.24, 2.45) is 0 Å². The Morgan fingerprint density at radius 3 is 2.62 bits per heavy atom. The summed E-state index contributed by atoms with van der Waals surface area (Å²) in [6.45, 7) is 6.63. The van der Waals surface area contributed by atoms with Crippen LogP contribution in [0.2, 0.25) is 6.04 Å². The maximum absolute atomic E-state index is 10.9. The maximum atomic E-state index is 10.9. The number of rotatable bonds is 9. The average Bonchev–Trinajstić information content (AvgIpc) is 2.29. The third kappa shape index (κ3) is 8.68. The molecule has 0 saturated carbocycles. The Morgan fingerprint density at radius 2 is 2.06 bits per heavy atom. The Morgan fingerprint density at radius 1 is 1.38 bits per heavy atom. The van der Waals surface area contributed by atoms with Crippen LogP contribution in [-0.4, -0.2) is 28.4 Å². The topological polar surface area (TPSA) is 35.5 Å². The Hall–Kier alpha value is -0.613. The van der Waals surface area contributed by atoms with Crippen LogP contribution >= 0.6 is 0 Å². The fourth-order valence-electron chi connectivity index (χ4n) is 1.34. The predicted molar refractivity (Wildman–Crippen MR) is 69.2 cm³/mol. The highest BCUT2D eigenvalue weighted by Gasteiger charge is 2.02. The van der Waals surface area contributed by atoms with Crippen LogP contribution in [0.25, 0.3) is 0 Å². The van der Waals surface area contributed by atoms with Crippen LogP contribution in [0.3, 0.4) is 0 Å². The van der Waals surface area contributed by atoms with Crippen LogP contribution < -0.4 is 0 Å². The number of esters is 1. The summed E-state index contributed by atoms with van der Waals surface area (Å²) in [6.07, 6.45) is 6.69. The van der Waals surface area contributed by atoms with Crippen molar-refractivity contribution in [3.63, 3.8) is 0 Å². The molecule has 0 bridgehead atoms. The van der Waals surface area contributed by atoms with Gasteiger partial charge in [-0.1, -0.05) is 19.9 Å². The molecule has 0 radical (unpaired) electrons. The molecule has 16 heavy (non-hydrogen) atoms. The molecule has 94 valence electrons. The van der Waals surface area contributed by atoms with Crippen molar-refractivity contribution in [3.05, 3.63) is 12.2 Å². The van der Waals surface area contributed by atoms with E-state index in [0.717, 1.165) is 25.3 Å². The van der Waals surface area contributed by atoms with Gasteiger partial charge in [-0.15, -0.1) is 0 Å². The van der Waals surface area contributed by atoms with Crippen LogP contribution in [0.4, 0.5) is 0 Å². The highest BCUT2D eigenvalue weighted by molar-refractivity contribution is 6.27. The van der Waals surface area contributed by atoms with E-state index >= 15 is 0 Å². The standard InChI is InChI=1S/C12H24O3Si/c1-4-8-12(13)14-9-7-10-16-15-11(5-2)6-3/h4,8,11H,5-7,9-10,16H2,1-3H3. The fourth-order valence-corrected chi connectivity index (χ4v) is 2.72. The number of hydrogen-bond acceptors (Lipinski definition) is 3. The van der Waals surface area contributed by atoms with Crippen LogP contribution in [0, 0.1) is 0 Å². The van der Waals surface area contributed by atoms with E-state index in [1.807, 2.05) is 0 Å². The first-order valence-electron chi connectivity index (χ1n) is 6.15. The summed E-state index contributed by atoms with van der Waals surface area (Å²) in [6, 6.07) is 1.08. The second kappa shape index (κ2) is 10.9. The molecule has 0 heterocycles. The van der Waals surface area contributed by atoms with Gasteiger partial charge in [0.05, 0.1) is 6.61 Å². The quantitative estimate of drug-likeness (QED) is 0.270. The van der Waals surface area contributed by atoms with Crippen molar-refractivity contribution in [2.45, 2.75) is 52.2 Å². The summed E-state index contributed by atoms with van der Waals surface area (Å²) in [7, 11) is -0.424. The Bertz CT molecular complexity index is 200. The Balaban J connectivity index is 3.30. The highest BCUT2D eigenvalue weighted by Crippen LogP contribution is 2.03. The van der Waals surface area contributed by atoms with Gasteiger partial charge in [0.25, 0.3) is 0 Å². The molecule has 0 aliphatic heterocycles. The number of hydrogen-bond donors (Lipinski definition) is 0. The molecule has 0 saturated heterocycles. The van der Waals surface area contributed by atoms with Crippen molar-refractivity contribution in [3.8, 4) is 0 Å². The zero-order valence-corrected chi connectivity index (χ0v) is 12.1. The lowest BCUT2D eigenvalue weighted by atomic mass is 10.2. The molecular formula is C12H24O3Si. The first-order chi connectivity index (χ1) is 7.74. The smallest absolute Gasteiger partial charge is 0.330 e. The molecule has 0 aromatic rings. The van der Waals surface area contributed by atoms with Gasteiger partial charge in [0, 0.05) is 12.2 Å². The predicted octanol–water partition coefficient (Wildman–Crippen LogP) is 2.20. The summed E-state index contributed by atoms with van der Waals surface area (Å²) in [4.78, 5) is 10.9. The minimum absolute atomic E-state index is 0.245. The van der Waals surface area contributed by atoms with Gasteiger partial charge in [-0.05, 0) is 32.2 Å². The molecule has 0 rings (SSSR count). The summed E-state index contributed by atoms with van der Waals surface area (Å²) in [5.41, 5.74) is 0. The van der Waals surface area contributed by atoms with Gasteiger partial charge in [-0.25, -0.2) is 4.79 Å². The van der Waals surface area contributed by atoms with E-state index in [4.69, 9.17) is 9.16 Å². The first-order valence-corrected chi connectivity index (χ1v) is 7.73. The molecule has 3 nitrogen and oxygen atoms in total. The molecule has 0 amide bonds. The lowest BCUT2D eigenvalue weighted by Gasteiger charge is -2.13. The van der Waals surface area contributed by atoms with E-state index in [-0.39, 0.29) is 5.97 Å². The van der Waals surface area contributed by atoms with Crippen LogP contribution in [-0.2, 0) is 14.0 Å². The van der Waals surface area contributed by atoms with Crippen molar-refractivity contribution in [1.82, 2.24) is 0 Å². The van der Waals surface area contributed by atoms with Crippen molar-refractivity contribution in [1.29, 1.82) is 0 Å². The van der Waals surface area contributed by atoms with Crippen molar-refractivity contribution in [2.75, 3.05) is 6.61 Å². The van der Waals surface area contributed by atoms with Crippen LogP contribution in [0.5, 0.6) is 0 Å². The second-order valence-electron chi connectivity index (χ2n) is 3.68. The molecule has 4 heteroatoms. The van der Waals surface area contributed by atoms with Crippen LogP contribution in [0.1, 0.15) is 40.0 Å². The van der Waals surface area contributed by atoms with Crippen molar-refractivity contribution < 1.29 is 14.0 Å². The average molecular weight is 244 g/mol. The lowest BCUT2D eigenvalue weighted by molar-refractivity contribution is -0.137. The molecule has 0 atom stereocenters. The lowest BCUT2D eigenvalue weighted by Crippen LogP contribution is -2.13. The minimum Gasteiger partial charge on any atom is -0.463 e. The third-order valence-electron chi connectivity index (χ3n) is 2.35. The van der Waals surface area contributed by atoms with Gasteiger partial charge in [0.1, 0.15) is 0 Å². The third-order valence-corrected chi connectivity index (χ3v) is 3.85. The van der Waals surface area contributed by atoms with Gasteiger partial charge < -0.3 is 9.16 Å². The van der Waals surface area contributed by atoms with Gasteiger partial charge in [-0.3, -0.25) is 0 Å². The Labute approximate surface area is 101 Å². The molecule has 0 aliphatic carbocycles. The summed E-state index contributed by atoms with van der Waals surface area (Å²) in [5.74, 6) is -0.245. The molecule has 0 fully saturated rings.